The fourth-order valence-electron chi connectivity index (χ4n) is 2.57. The van der Waals surface area contributed by atoms with Crippen LogP contribution in [-0.4, -0.2) is 47.8 Å². The van der Waals surface area contributed by atoms with Crippen LogP contribution in [0.5, 0.6) is 0 Å². The summed E-state index contributed by atoms with van der Waals surface area (Å²) >= 11 is 0. The van der Waals surface area contributed by atoms with Crippen LogP contribution in [0.1, 0.15) is 33.1 Å². The van der Waals surface area contributed by atoms with Gasteiger partial charge in [-0.1, -0.05) is 6.92 Å². The number of nitrogens with one attached hydrogen (secondary N) is 1. The van der Waals surface area contributed by atoms with Crippen LogP contribution in [0.15, 0.2) is 0 Å². The van der Waals surface area contributed by atoms with Crippen LogP contribution in [0.3, 0.4) is 0 Å². The van der Waals surface area contributed by atoms with Crippen LogP contribution in [0.4, 0.5) is 0 Å². The van der Waals surface area contributed by atoms with E-state index in [0.717, 1.165) is 25.6 Å². The Balaban J connectivity index is 1.65. The predicted octanol–water partition coefficient (Wildman–Crippen LogP) is 0.830. The molecule has 2 fully saturated rings. The third kappa shape index (κ3) is 3.44. The first kappa shape index (κ1) is 11.4. The van der Waals surface area contributed by atoms with E-state index < -0.39 is 0 Å². The lowest BCUT2D eigenvalue weighted by Gasteiger charge is -2.24. The van der Waals surface area contributed by atoms with E-state index in [2.05, 4.69) is 24.1 Å². The molecular formula is C12H24N2O. The Morgan fingerprint density at radius 1 is 1.40 bits per heavy atom. The number of hydrogen-bond acceptors (Lipinski definition) is 3. The zero-order valence-electron chi connectivity index (χ0n) is 9.95. The predicted molar refractivity (Wildman–Crippen MR) is 61.8 cm³/mol. The van der Waals surface area contributed by atoms with Crippen molar-refractivity contribution in [1.82, 2.24) is 10.2 Å². The lowest BCUT2D eigenvalue weighted by Crippen LogP contribution is -2.40. The van der Waals surface area contributed by atoms with Crippen molar-refractivity contribution in [3.05, 3.63) is 0 Å². The third-order valence-corrected chi connectivity index (χ3v) is 3.58. The van der Waals surface area contributed by atoms with E-state index in [1.54, 1.807) is 0 Å². The highest BCUT2D eigenvalue weighted by atomic mass is 16.3. The molecular weight excluding hydrogens is 188 g/mol. The molecule has 0 aromatic carbocycles. The lowest BCUT2D eigenvalue weighted by molar-refractivity contribution is 0.107. The van der Waals surface area contributed by atoms with Crippen molar-refractivity contribution in [3.8, 4) is 0 Å². The first-order chi connectivity index (χ1) is 7.15. The molecule has 0 aromatic heterocycles. The van der Waals surface area contributed by atoms with E-state index in [-0.39, 0.29) is 6.10 Å². The number of likely N-dealkylation sites (tertiary alicyclic amines) is 1. The van der Waals surface area contributed by atoms with Gasteiger partial charge < -0.3 is 10.4 Å². The first-order valence-electron chi connectivity index (χ1n) is 6.30. The SMILES string of the molecule is CC1CC(C)N(CC(O)CNC2CC2)C1. The second-order valence-electron chi connectivity index (χ2n) is 5.48. The first-order valence-corrected chi connectivity index (χ1v) is 6.30. The highest BCUT2D eigenvalue weighted by Gasteiger charge is 2.28. The highest BCUT2D eigenvalue weighted by molar-refractivity contribution is 4.85. The summed E-state index contributed by atoms with van der Waals surface area (Å²) in [4.78, 5) is 2.42. The Labute approximate surface area is 92.8 Å². The zero-order chi connectivity index (χ0) is 10.8. The second-order valence-corrected chi connectivity index (χ2v) is 5.48. The van der Waals surface area contributed by atoms with Gasteiger partial charge in [-0.25, -0.2) is 0 Å². The van der Waals surface area contributed by atoms with Gasteiger partial charge in [0.2, 0.25) is 0 Å². The molecule has 0 amide bonds. The molecule has 3 unspecified atom stereocenters. The molecule has 3 atom stereocenters. The number of nitrogens with zero attached hydrogens (tertiary/aromatic N) is 1. The molecule has 0 aromatic rings. The summed E-state index contributed by atoms with van der Waals surface area (Å²) in [6.07, 6.45) is 3.68. The average molecular weight is 212 g/mol. The van der Waals surface area contributed by atoms with Gasteiger partial charge in [0.25, 0.3) is 0 Å². The maximum absolute atomic E-state index is 9.89. The fourth-order valence-corrected chi connectivity index (χ4v) is 2.57. The van der Waals surface area contributed by atoms with Gasteiger partial charge in [-0.05, 0) is 32.1 Å². The largest absolute Gasteiger partial charge is 0.390 e. The van der Waals surface area contributed by atoms with E-state index in [0.29, 0.717) is 12.1 Å². The van der Waals surface area contributed by atoms with Crippen molar-refractivity contribution >= 4 is 0 Å². The van der Waals surface area contributed by atoms with Crippen molar-refractivity contribution < 1.29 is 5.11 Å². The summed E-state index contributed by atoms with van der Waals surface area (Å²) in [5.74, 6) is 0.795. The van der Waals surface area contributed by atoms with Gasteiger partial charge in [0.1, 0.15) is 0 Å². The van der Waals surface area contributed by atoms with Crippen LogP contribution in [0, 0.1) is 5.92 Å². The normalized spacial score (nSPS) is 34.6. The van der Waals surface area contributed by atoms with E-state index in [1.807, 2.05) is 0 Å². The minimum Gasteiger partial charge on any atom is -0.390 e. The van der Waals surface area contributed by atoms with Crippen LogP contribution in [0.2, 0.25) is 0 Å². The average Bonchev–Trinajstić information content (AvgIpc) is 2.92. The molecule has 0 radical (unpaired) electrons. The number of hydrogen-bond donors (Lipinski definition) is 2. The van der Waals surface area contributed by atoms with Gasteiger partial charge in [-0.2, -0.15) is 0 Å². The zero-order valence-corrected chi connectivity index (χ0v) is 9.95. The summed E-state index contributed by atoms with van der Waals surface area (Å²) in [5.41, 5.74) is 0. The molecule has 2 N–H and O–H groups in total. The Hall–Kier alpha value is -0.120. The topological polar surface area (TPSA) is 35.5 Å². The summed E-state index contributed by atoms with van der Waals surface area (Å²) in [6.45, 7) is 7.32. The fraction of sp³-hybridized carbons (Fsp3) is 1.00. The van der Waals surface area contributed by atoms with Crippen molar-refractivity contribution in [3.63, 3.8) is 0 Å². The molecule has 88 valence electrons. The van der Waals surface area contributed by atoms with E-state index in [9.17, 15) is 5.11 Å². The molecule has 3 heteroatoms. The Kier molecular flexibility index (Phi) is 3.65. The monoisotopic (exact) mass is 212 g/mol. The summed E-state index contributed by atoms with van der Waals surface area (Å²) in [7, 11) is 0. The van der Waals surface area contributed by atoms with Gasteiger partial charge in [0.05, 0.1) is 6.10 Å². The van der Waals surface area contributed by atoms with Gasteiger partial charge in [-0.3, -0.25) is 4.90 Å². The number of β-amino-alcohol motifs (C(OH)–C–C–N with tert-alkyl or cyclic N) is 1. The third-order valence-electron chi connectivity index (χ3n) is 3.58. The minimum atomic E-state index is -0.196. The van der Waals surface area contributed by atoms with Crippen LogP contribution in [-0.2, 0) is 0 Å². The smallest absolute Gasteiger partial charge is 0.0791 e. The quantitative estimate of drug-likeness (QED) is 0.708. The maximum Gasteiger partial charge on any atom is 0.0791 e. The molecule has 1 heterocycles. The van der Waals surface area contributed by atoms with E-state index in [4.69, 9.17) is 0 Å². The van der Waals surface area contributed by atoms with E-state index in [1.165, 1.54) is 19.3 Å². The molecule has 15 heavy (non-hydrogen) atoms. The van der Waals surface area contributed by atoms with Crippen molar-refractivity contribution in [1.29, 1.82) is 0 Å². The number of rotatable bonds is 5. The molecule has 1 saturated heterocycles. The van der Waals surface area contributed by atoms with Crippen LogP contribution < -0.4 is 5.32 Å². The van der Waals surface area contributed by atoms with Crippen LogP contribution in [0.25, 0.3) is 0 Å². The second kappa shape index (κ2) is 4.81. The van der Waals surface area contributed by atoms with Crippen LogP contribution >= 0.6 is 0 Å². The highest BCUT2D eigenvalue weighted by Crippen LogP contribution is 2.22. The van der Waals surface area contributed by atoms with Gasteiger partial charge in [0, 0.05) is 31.7 Å². The summed E-state index contributed by atoms with van der Waals surface area (Å²) in [6, 6.07) is 1.35. The maximum atomic E-state index is 9.89. The number of aliphatic hydroxyl groups is 1. The Morgan fingerprint density at radius 2 is 2.13 bits per heavy atom. The standard InChI is InChI=1S/C12H24N2O/c1-9-5-10(2)14(7-9)8-12(15)6-13-11-3-4-11/h9-13,15H,3-8H2,1-2H3. The molecule has 2 aliphatic rings. The van der Waals surface area contributed by atoms with Crippen molar-refractivity contribution in [2.45, 2.75) is 51.3 Å². The van der Waals surface area contributed by atoms with Gasteiger partial charge >= 0.3 is 0 Å². The molecule has 3 nitrogen and oxygen atoms in total. The lowest BCUT2D eigenvalue weighted by atomic mass is 10.1. The Morgan fingerprint density at radius 3 is 2.67 bits per heavy atom. The van der Waals surface area contributed by atoms with Crippen molar-refractivity contribution in [2.24, 2.45) is 5.92 Å². The Bertz CT molecular complexity index is 206. The van der Waals surface area contributed by atoms with Crippen molar-refractivity contribution in [2.75, 3.05) is 19.6 Å². The number of aliphatic hydroxyl groups excluding tert-OH is 1. The summed E-state index contributed by atoms with van der Waals surface area (Å²) < 4.78 is 0. The van der Waals surface area contributed by atoms with E-state index >= 15 is 0 Å². The van der Waals surface area contributed by atoms with Gasteiger partial charge in [0.15, 0.2) is 0 Å². The molecule has 2 rings (SSSR count). The summed E-state index contributed by atoms with van der Waals surface area (Å²) in [5, 5.41) is 13.3. The minimum absolute atomic E-state index is 0.196. The molecule has 1 aliphatic heterocycles. The molecule has 1 saturated carbocycles. The van der Waals surface area contributed by atoms with Gasteiger partial charge in [-0.15, -0.1) is 0 Å². The molecule has 0 bridgehead atoms. The molecule has 0 spiro atoms. The molecule has 1 aliphatic carbocycles.